The Bertz CT molecular complexity index is 443. The summed E-state index contributed by atoms with van der Waals surface area (Å²) in [7, 11) is 0. The highest BCUT2D eigenvalue weighted by molar-refractivity contribution is 5.93. The van der Waals surface area contributed by atoms with Crippen LogP contribution in [0.25, 0.3) is 0 Å². The van der Waals surface area contributed by atoms with E-state index in [0.29, 0.717) is 18.7 Å². The van der Waals surface area contributed by atoms with Gasteiger partial charge in [-0.1, -0.05) is 0 Å². The monoisotopic (exact) mass is 250 g/mol. The molecule has 2 heterocycles. The summed E-state index contributed by atoms with van der Waals surface area (Å²) >= 11 is 0. The van der Waals surface area contributed by atoms with Gasteiger partial charge in [-0.15, -0.1) is 0 Å². The molecule has 1 aromatic rings. The van der Waals surface area contributed by atoms with Gasteiger partial charge in [-0.05, 0) is 25.8 Å². The number of ether oxygens (including phenoxy) is 1. The molecule has 0 saturated carbocycles. The topological polar surface area (TPSA) is 62.4 Å². The van der Waals surface area contributed by atoms with Crippen molar-refractivity contribution in [1.29, 1.82) is 0 Å². The molecule has 5 heteroatoms. The van der Waals surface area contributed by atoms with Crippen LogP contribution in [0.5, 0.6) is 0 Å². The van der Waals surface area contributed by atoms with E-state index in [4.69, 9.17) is 4.74 Å². The fourth-order valence-corrected chi connectivity index (χ4v) is 2.12. The molecular formula is C13H18N2O3. The summed E-state index contributed by atoms with van der Waals surface area (Å²) in [5, 5.41) is 0. The molecule has 2 rings (SSSR count). The Labute approximate surface area is 106 Å². The highest BCUT2D eigenvalue weighted by Gasteiger charge is 2.22. The van der Waals surface area contributed by atoms with Crippen LogP contribution in [0.15, 0.2) is 23.1 Å². The average molecular weight is 250 g/mol. The molecule has 0 bridgehead atoms. The van der Waals surface area contributed by atoms with E-state index < -0.39 is 0 Å². The SMILES string of the molecule is CCN(C[C@H]1CCCO1)C(=O)c1ccc(=O)[nH]c1. The largest absolute Gasteiger partial charge is 0.376 e. The van der Waals surface area contributed by atoms with Crippen LogP contribution in [0.1, 0.15) is 30.1 Å². The Morgan fingerprint density at radius 2 is 2.39 bits per heavy atom. The lowest BCUT2D eigenvalue weighted by Crippen LogP contribution is -2.37. The van der Waals surface area contributed by atoms with Crippen LogP contribution in [0.2, 0.25) is 0 Å². The van der Waals surface area contributed by atoms with E-state index in [9.17, 15) is 9.59 Å². The van der Waals surface area contributed by atoms with Crippen molar-refractivity contribution in [2.75, 3.05) is 19.7 Å². The molecular weight excluding hydrogens is 232 g/mol. The molecule has 0 unspecified atom stereocenters. The first kappa shape index (κ1) is 12.8. The number of hydrogen-bond donors (Lipinski definition) is 1. The lowest BCUT2D eigenvalue weighted by Gasteiger charge is -2.23. The van der Waals surface area contributed by atoms with Crippen molar-refractivity contribution in [1.82, 2.24) is 9.88 Å². The zero-order chi connectivity index (χ0) is 13.0. The van der Waals surface area contributed by atoms with Crippen molar-refractivity contribution in [3.05, 3.63) is 34.2 Å². The van der Waals surface area contributed by atoms with E-state index in [1.165, 1.54) is 12.3 Å². The number of nitrogens with one attached hydrogen (secondary N) is 1. The van der Waals surface area contributed by atoms with Gasteiger partial charge in [-0.25, -0.2) is 0 Å². The van der Waals surface area contributed by atoms with Gasteiger partial charge < -0.3 is 14.6 Å². The maximum atomic E-state index is 12.2. The molecule has 1 aromatic heterocycles. The third kappa shape index (κ3) is 2.98. The number of hydrogen-bond acceptors (Lipinski definition) is 3. The molecule has 1 N–H and O–H groups in total. The zero-order valence-electron chi connectivity index (χ0n) is 10.5. The smallest absolute Gasteiger partial charge is 0.255 e. The maximum absolute atomic E-state index is 12.2. The van der Waals surface area contributed by atoms with Crippen LogP contribution in [-0.4, -0.2) is 41.6 Å². The maximum Gasteiger partial charge on any atom is 0.255 e. The first-order valence-corrected chi connectivity index (χ1v) is 6.30. The highest BCUT2D eigenvalue weighted by Crippen LogP contribution is 2.14. The van der Waals surface area contributed by atoms with E-state index in [2.05, 4.69) is 4.98 Å². The fraction of sp³-hybridized carbons (Fsp3) is 0.538. The number of nitrogens with zero attached hydrogens (tertiary/aromatic N) is 1. The minimum Gasteiger partial charge on any atom is -0.376 e. The summed E-state index contributed by atoms with van der Waals surface area (Å²) in [5.41, 5.74) is 0.308. The predicted octanol–water partition coefficient (Wildman–Crippen LogP) is 1.02. The predicted molar refractivity (Wildman–Crippen MR) is 67.6 cm³/mol. The number of H-pyrrole nitrogens is 1. The van der Waals surface area contributed by atoms with Gasteiger partial charge in [0.2, 0.25) is 5.56 Å². The van der Waals surface area contributed by atoms with Gasteiger partial charge >= 0.3 is 0 Å². The summed E-state index contributed by atoms with van der Waals surface area (Å²) < 4.78 is 5.54. The summed E-state index contributed by atoms with van der Waals surface area (Å²) in [4.78, 5) is 27.5. The van der Waals surface area contributed by atoms with Crippen molar-refractivity contribution < 1.29 is 9.53 Å². The molecule has 1 aliphatic heterocycles. The van der Waals surface area contributed by atoms with Gasteiger partial charge in [-0.3, -0.25) is 9.59 Å². The Balaban J connectivity index is 2.04. The summed E-state index contributed by atoms with van der Waals surface area (Å²) in [5.74, 6) is -0.0655. The van der Waals surface area contributed by atoms with Crippen LogP contribution >= 0.6 is 0 Å². The lowest BCUT2D eigenvalue weighted by atomic mass is 10.2. The van der Waals surface area contributed by atoms with E-state index in [1.54, 1.807) is 11.0 Å². The van der Waals surface area contributed by atoms with Crippen LogP contribution in [0.3, 0.4) is 0 Å². The van der Waals surface area contributed by atoms with E-state index in [1.807, 2.05) is 6.92 Å². The third-order valence-electron chi connectivity index (χ3n) is 3.15. The van der Waals surface area contributed by atoms with Crippen molar-refractivity contribution in [2.45, 2.75) is 25.9 Å². The van der Waals surface area contributed by atoms with E-state index in [0.717, 1.165) is 19.4 Å². The summed E-state index contributed by atoms with van der Waals surface area (Å²) in [6, 6.07) is 2.92. The van der Waals surface area contributed by atoms with Crippen LogP contribution < -0.4 is 5.56 Å². The summed E-state index contributed by atoms with van der Waals surface area (Å²) in [6.07, 6.45) is 3.68. The van der Waals surface area contributed by atoms with Gasteiger partial charge in [0.15, 0.2) is 0 Å². The Morgan fingerprint density at radius 3 is 2.94 bits per heavy atom. The number of aromatic amines is 1. The minimum atomic E-state index is -0.200. The van der Waals surface area contributed by atoms with Gasteiger partial charge in [-0.2, -0.15) is 0 Å². The molecule has 0 radical (unpaired) electrons. The fourth-order valence-electron chi connectivity index (χ4n) is 2.12. The molecule has 1 fully saturated rings. The van der Waals surface area contributed by atoms with Gasteiger partial charge in [0, 0.05) is 32.0 Å². The molecule has 1 saturated heterocycles. The first-order chi connectivity index (χ1) is 8.70. The molecule has 98 valence electrons. The standard InChI is InChI=1S/C13H18N2O3/c1-2-15(9-11-4-3-7-18-11)13(17)10-5-6-12(16)14-8-10/h5-6,8,11H,2-4,7,9H2,1H3,(H,14,16)/t11-/m1/s1. The number of likely N-dealkylation sites (N-methyl/N-ethyl adjacent to an activating group) is 1. The third-order valence-corrected chi connectivity index (χ3v) is 3.15. The molecule has 1 atom stereocenters. The number of carbonyl (C=O) groups excluding carboxylic acids is 1. The molecule has 1 amide bonds. The number of aromatic nitrogens is 1. The molecule has 5 nitrogen and oxygen atoms in total. The molecule has 0 aliphatic carbocycles. The molecule has 0 aromatic carbocycles. The van der Waals surface area contributed by atoms with Gasteiger partial charge in [0.1, 0.15) is 0 Å². The van der Waals surface area contributed by atoms with Crippen molar-refractivity contribution in [3.63, 3.8) is 0 Å². The lowest BCUT2D eigenvalue weighted by molar-refractivity contribution is 0.0539. The minimum absolute atomic E-state index is 0.0655. The Kier molecular flexibility index (Phi) is 4.15. The molecule has 1 aliphatic rings. The van der Waals surface area contributed by atoms with Crippen molar-refractivity contribution in [2.24, 2.45) is 0 Å². The first-order valence-electron chi connectivity index (χ1n) is 6.30. The van der Waals surface area contributed by atoms with Crippen LogP contribution in [0.4, 0.5) is 0 Å². The molecule has 0 spiro atoms. The number of pyridine rings is 1. The highest BCUT2D eigenvalue weighted by atomic mass is 16.5. The average Bonchev–Trinajstić information content (AvgIpc) is 2.89. The Morgan fingerprint density at radius 1 is 1.56 bits per heavy atom. The number of carbonyl (C=O) groups is 1. The Hall–Kier alpha value is -1.62. The van der Waals surface area contributed by atoms with Crippen LogP contribution in [-0.2, 0) is 4.74 Å². The quantitative estimate of drug-likeness (QED) is 0.867. The summed E-state index contributed by atoms with van der Waals surface area (Å²) in [6.45, 7) is 3.99. The van der Waals surface area contributed by atoms with Crippen LogP contribution in [0, 0.1) is 0 Å². The number of rotatable bonds is 4. The second-order valence-corrected chi connectivity index (χ2v) is 4.42. The van der Waals surface area contributed by atoms with E-state index in [-0.39, 0.29) is 17.6 Å². The normalized spacial score (nSPS) is 18.8. The second-order valence-electron chi connectivity index (χ2n) is 4.42. The van der Waals surface area contributed by atoms with Crippen molar-refractivity contribution in [3.8, 4) is 0 Å². The zero-order valence-corrected chi connectivity index (χ0v) is 10.5. The van der Waals surface area contributed by atoms with Crippen molar-refractivity contribution >= 4 is 5.91 Å². The van der Waals surface area contributed by atoms with E-state index >= 15 is 0 Å². The van der Waals surface area contributed by atoms with Gasteiger partial charge in [0.05, 0.1) is 11.7 Å². The van der Waals surface area contributed by atoms with Gasteiger partial charge in [0.25, 0.3) is 5.91 Å². The number of amides is 1. The second kappa shape index (κ2) is 5.82. The molecule has 18 heavy (non-hydrogen) atoms.